The zero-order chi connectivity index (χ0) is 19.2. The summed E-state index contributed by atoms with van der Waals surface area (Å²) in [6.45, 7) is 1.56. The maximum Gasteiger partial charge on any atom is 0.264 e. The average molecular weight is 379 g/mol. The molecule has 0 saturated carbocycles. The number of sulfonamides is 1. The molecule has 1 aromatic heterocycles. The van der Waals surface area contributed by atoms with Crippen LogP contribution in [0.2, 0.25) is 0 Å². The minimum absolute atomic E-state index is 0.00120. The van der Waals surface area contributed by atoms with Crippen LogP contribution in [0.3, 0.4) is 0 Å². The number of methoxy groups -OCH3 is 1. The minimum Gasteiger partial charge on any atom is -0.497 e. The van der Waals surface area contributed by atoms with Gasteiger partial charge in [-0.25, -0.2) is 13.5 Å². The molecule has 0 bridgehead atoms. The third-order valence-electron chi connectivity index (χ3n) is 3.68. The molecule has 1 atom stereocenters. The normalized spacial score (nSPS) is 12.4. The molecule has 2 rings (SSSR count). The van der Waals surface area contributed by atoms with Crippen LogP contribution in [0.15, 0.2) is 53.7 Å². The summed E-state index contributed by atoms with van der Waals surface area (Å²) in [5.41, 5.74) is 0.621. The first kappa shape index (κ1) is 19.8. The van der Waals surface area contributed by atoms with E-state index in [0.29, 0.717) is 16.4 Å². The summed E-state index contributed by atoms with van der Waals surface area (Å²) in [5.74, 6) is -0.224. The number of hydroxylamine groups is 2. The van der Waals surface area contributed by atoms with E-state index in [1.165, 1.54) is 37.6 Å². The first-order chi connectivity index (χ1) is 12.4. The zero-order valence-electron chi connectivity index (χ0n) is 14.5. The lowest BCUT2D eigenvalue weighted by Gasteiger charge is -2.22. The minimum atomic E-state index is -3.92. The second kappa shape index (κ2) is 8.75. The Morgan fingerprint density at radius 3 is 2.54 bits per heavy atom. The molecule has 0 aliphatic heterocycles. The van der Waals surface area contributed by atoms with Crippen molar-refractivity contribution < 1.29 is 23.2 Å². The number of ether oxygens (including phenoxy) is 1. The van der Waals surface area contributed by atoms with E-state index in [4.69, 9.17) is 4.74 Å². The number of pyridine rings is 1. The van der Waals surface area contributed by atoms with Gasteiger partial charge in [0, 0.05) is 12.4 Å². The molecule has 0 fully saturated rings. The highest BCUT2D eigenvalue weighted by molar-refractivity contribution is 7.89. The van der Waals surface area contributed by atoms with Crippen LogP contribution in [0.1, 0.15) is 18.9 Å². The van der Waals surface area contributed by atoms with E-state index in [2.05, 4.69) is 9.71 Å². The number of benzene rings is 1. The fourth-order valence-electron chi connectivity index (χ4n) is 2.24. The lowest BCUT2D eigenvalue weighted by atomic mass is 10.2. The second-order valence-electron chi connectivity index (χ2n) is 5.51. The molecule has 140 valence electrons. The molecule has 0 aliphatic rings. The van der Waals surface area contributed by atoms with E-state index in [1.54, 1.807) is 25.3 Å². The topological polar surface area (TPSA) is 109 Å². The molecule has 9 heteroatoms. The number of amides is 1. The van der Waals surface area contributed by atoms with E-state index >= 15 is 0 Å². The van der Waals surface area contributed by atoms with Crippen LogP contribution in [0.4, 0.5) is 0 Å². The number of nitrogens with one attached hydrogen (secondary N) is 1. The predicted octanol–water partition coefficient (Wildman–Crippen LogP) is 1.57. The summed E-state index contributed by atoms with van der Waals surface area (Å²) in [5, 5.41) is 10.5. The zero-order valence-corrected chi connectivity index (χ0v) is 15.3. The lowest BCUT2D eigenvalue weighted by Crippen LogP contribution is -2.46. The highest BCUT2D eigenvalue weighted by atomic mass is 32.2. The Hall–Kier alpha value is -2.49. The van der Waals surface area contributed by atoms with Crippen LogP contribution in [0.5, 0.6) is 5.75 Å². The fourth-order valence-corrected chi connectivity index (χ4v) is 3.51. The molecule has 2 aromatic rings. The monoisotopic (exact) mass is 379 g/mol. The molecular weight excluding hydrogens is 358 g/mol. The van der Waals surface area contributed by atoms with Gasteiger partial charge in [0.1, 0.15) is 11.8 Å². The molecule has 8 nitrogen and oxygen atoms in total. The number of hydrogen-bond donors (Lipinski definition) is 2. The van der Waals surface area contributed by atoms with Crippen LogP contribution in [-0.2, 0) is 21.4 Å². The molecule has 1 heterocycles. The van der Waals surface area contributed by atoms with Gasteiger partial charge in [0.05, 0.1) is 18.6 Å². The van der Waals surface area contributed by atoms with Crippen molar-refractivity contribution in [2.24, 2.45) is 0 Å². The summed E-state index contributed by atoms with van der Waals surface area (Å²) in [7, 11) is -2.45. The number of carbonyl (C=O) groups is 1. The van der Waals surface area contributed by atoms with Gasteiger partial charge in [0.25, 0.3) is 5.91 Å². The molecule has 0 unspecified atom stereocenters. The van der Waals surface area contributed by atoms with Gasteiger partial charge in [-0.1, -0.05) is 13.0 Å². The first-order valence-electron chi connectivity index (χ1n) is 7.93. The largest absolute Gasteiger partial charge is 0.497 e. The van der Waals surface area contributed by atoms with Crippen molar-refractivity contribution in [3.63, 3.8) is 0 Å². The van der Waals surface area contributed by atoms with Gasteiger partial charge in [-0.15, -0.1) is 0 Å². The molecule has 1 aromatic carbocycles. The third kappa shape index (κ3) is 5.01. The van der Waals surface area contributed by atoms with Crippen molar-refractivity contribution in [2.45, 2.75) is 30.8 Å². The van der Waals surface area contributed by atoms with Crippen molar-refractivity contribution in [1.82, 2.24) is 14.8 Å². The number of aromatic nitrogens is 1. The SMILES string of the molecule is CC[C@@H](NS(=O)(=O)c1ccc(OC)cc1)C(=O)N(O)Cc1cccnc1. The van der Waals surface area contributed by atoms with Crippen LogP contribution in [-0.4, -0.2) is 42.7 Å². The summed E-state index contributed by atoms with van der Waals surface area (Å²) >= 11 is 0. The standard InChI is InChI=1S/C17H21N3O5S/c1-3-16(17(21)20(22)12-13-5-4-10-18-11-13)19-26(23,24)15-8-6-14(25-2)7-9-15/h4-11,16,19,22H,3,12H2,1-2H3/t16-/m1/s1. The van der Waals surface area contributed by atoms with Crippen molar-refractivity contribution >= 4 is 15.9 Å². The maximum atomic E-state index is 12.5. The van der Waals surface area contributed by atoms with Gasteiger partial charge in [-0.2, -0.15) is 4.72 Å². The van der Waals surface area contributed by atoms with E-state index < -0.39 is 22.0 Å². The van der Waals surface area contributed by atoms with Crippen LogP contribution >= 0.6 is 0 Å². The number of carbonyl (C=O) groups excluding carboxylic acids is 1. The smallest absolute Gasteiger partial charge is 0.264 e. The molecule has 0 spiro atoms. The molecule has 1 amide bonds. The van der Waals surface area contributed by atoms with E-state index in [9.17, 15) is 18.4 Å². The molecular formula is C17H21N3O5S. The van der Waals surface area contributed by atoms with Crippen LogP contribution in [0.25, 0.3) is 0 Å². The quantitative estimate of drug-likeness (QED) is 0.532. The van der Waals surface area contributed by atoms with E-state index in [-0.39, 0.29) is 17.9 Å². The van der Waals surface area contributed by atoms with Gasteiger partial charge < -0.3 is 4.74 Å². The Morgan fingerprint density at radius 1 is 1.31 bits per heavy atom. The molecule has 0 radical (unpaired) electrons. The summed E-state index contributed by atoms with van der Waals surface area (Å²) in [6, 6.07) is 8.07. The first-order valence-corrected chi connectivity index (χ1v) is 9.41. The Balaban J connectivity index is 2.09. The number of hydrogen-bond acceptors (Lipinski definition) is 6. The number of nitrogens with zero attached hydrogens (tertiary/aromatic N) is 2. The Bertz CT molecular complexity index is 825. The van der Waals surface area contributed by atoms with E-state index in [1.807, 2.05) is 0 Å². The predicted molar refractivity (Wildman–Crippen MR) is 94.0 cm³/mol. The lowest BCUT2D eigenvalue weighted by molar-refractivity contribution is -0.170. The van der Waals surface area contributed by atoms with Crippen molar-refractivity contribution in [3.8, 4) is 5.75 Å². The van der Waals surface area contributed by atoms with Crippen molar-refractivity contribution in [1.29, 1.82) is 0 Å². The van der Waals surface area contributed by atoms with Crippen LogP contribution < -0.4 is 9.46 Å². The van der Waals surface area contributed by atoms with Gasteiger partial charge in [0.2, 0.25) is 10.0 Å². The molecule has 0 saturated heterocycles. The summed E-state index contributed by atoms with van der Waals surface area (Å²) in [4.78, 5) is 16.3. The maximum absolute atomic E-state index is 12.5. The summed E-state index contributed by atoms with van der Waals surface area (Å²) < 4.78 is 32.3. The average Bonchev–Trinajstić information content (AvgIpc) is 2.66. The Kier molecular flexibility index (Phi) is 6.67. The second-order valence-corrected chi connectivity index (χ2v) is 7.23. The van der Waals surface area contributed by atoms with Crippen molar-refractivity contribution in [3.05, 3.63) is 54.4 Å². The van der Waals surface area contributed by atoms with Gasteiger partial charge in [-0.05, 0) is 42.3 Å². The van der Waals surface area contributed by atoms with E-state index in [0.717, 1.165) is 0 Å². The molecule has 2 N–H and O–H groups in total. The molecule has 0 aliphatic carbocycles. The van der Waals surface area contributed by atoms with Gasteiger partial charge in [-0.3, -0.25) is 15.0 Å². The van der Waals surface area contributed by atoms with Crippen molar-refractivity contribution in [2.75, 3.05) is 7.11 Å². The highest BCUT2D eigenvalue weighted by Gasteiger charge is 2.27. The Labute approximate surface area is 152 Å². The van der Waals surface area contributed by atoms with Gasteiger partial charge in [0.15, 0.2) is 0 Å². The van der Waals surface area contributed by atoms with Crippen LogP contribution in [0, 0.1) is 0 Å². The Morgan fingerprint density at radius 2 is 2.00 bits per heavy atom. The fraction of sp³-hybridized carbons (Fsp3) is 0.294. The highest BCUT2D eigenvalue weighted by Crippen LogP contribution is 2.16. The molecule has 26 heavy (non-hydrogen) atoms. The number of rotatable bonds is 8. The third-order valence-corrected chi connectivity index (χ3v) is 5.17. The van der Waals surface area contributed by atoms with Gasteiger partial charge >= 0.3 is 0 Å². The summed E-state index contributed by atoms with van der Waals surface area (Å²) in [6.07, 6.45) is 3.27.